The third-order valence-corrected chi connectivity index (χ3v) is 8.87. The minimum atomic E-state index is -3.76. The summed E-state index contributed by atoms with van der Waals surface area (Å²) in [6.45, 7) is 7.01. The van der Waals surface area contributed by atoms with Crippen LogP contribution in [0.3, 0.4) is 0 Å². The monoisotopic (exact) mass is 492 g/mol. The SMILES string of the molecule is CCN(CC)S(=O)(=O)c1cc(C(=O)N(C)C2CCN(CCc3ccccn3)CC2)ccc1Cl. The van der Waals surface area contributed by atoms with Gasteiger partial charge in [0.1, 0.15) is 4.90 Å². The number of benzene rings is 1. The van der Waals surface area contributed by atoms with Gasteiger partial charge in [0.05, 0.1) is 5.02 Å². The minimum absolute atomic E-state index is 0.0172. The van der Waals surface area contributed by atoms with Gasteiger partial charge in [-0.05, 0) is 43.2 Å². The van der Waals surface area contributed by atoms with Crippen molar-refractivity contribution in [1.82, 2.24) is 19.1 Å². The van der Waals surface area contributed by atoms with E-state index in [9.17, 15) is 13.2 Å². The number of piperidine rings is 1. The van der Waals surface area contributed by atoms with E-state index >= 15 is 0 Å². The molecular weight excluding hydrogens is 460 g/mol. The van der Waals surface area contributed by atoms with Gasteiger partial charge < -0.3 is 9.80 Å². The summed E-state index contributed by atoms with van der Waals surface area (Å²) in [5, 5.41) is 0.127. The van der Waals surface area contributed by atoms with Crippen LogP contribution in [0.25, 0.3) is 0 Å². The number of likely N-dealkylation sites (tertiary alicyclic amines) is 1. The molecule has 3 rings (SSSR count). The summed E-state index contributed by atoms with van der Waals surface area (Å²) in [6.07, 6.45) is 4.48. The third-order valence-electron chi connectivity index (χ3n) is 6.34. The topological polar surface area (TPSA) is 73.8 Å². The number of amides is 1. The number of hydrogen-bond donors (Lipinski definition) is 0. The van der Waals surface area contributed by atoms with E-state index in [4.69, 9.17) is 11.6 Å². The Hall–Kier alpha value is -2.00. The second-order valence-corrected chi connectivity index (χ2v) is 10.6. The van der Waals surface area contributed by atoms with Crippen LogP contribution in [0, 0.1) is 0 Å². The lowest BCUT2D eigenvalue weighted by Crippen LogP contribution is -2.46. The maximum atomic E-state index is 13.2. The lowest BCUT2D eigenvalue weighted by Gasteiger charge is -2.36. The van der Waals surface area contributed by atoms with E-state index in [0.29, 0.717) is 18.7 Å². The molecule has 0 radical (unpaired) electrons. The van der Waals surface area contributed by atoms with Gasteiger partial charge in [0.15, 0.2) is 0 Å². The summed E-state index contributed by atoms with van der Waals surface area (Å²) in [4.78, 5) is 21.7. The van der Waals surface area contributed by atoms with E-state index in [2.05, 4.69) is 9.88 Å². The van der Waals surface area contributed by atoms with E-state index in [0.717, 1.165) is 44.6 Å². The fraction of sp³-hybridized carbons (Fsp3) is 0.500. The van der Waals surface area contributed by atoms with Crippen LogP contribution >= 0.6 is 11.6 Å². The second-order valence-electron chi connectivity index (χ2n) is 8.29. The number of pyridine rings is 1. The van der Waals surface area contributed by atoms with Gasteiger partial charge in [0.2, 0.25) is 10.0 Å². The van der Waals surface area contributed by atoms with E-state index in [-0.39, 0.29) is 21.9 Å². The molecule has 1 aliphatic rings. The highest BCUT2D eigenvalue weighted by Crippen LogP contribution is 2.27. The van der Waals surface area contributed by atoms with Gasteiger partial charge in [-0.15, -0.1) is 0 Å². The number of sulfonamides is 1. The highest BCUT2D eigenvalue weighted by atomic mass is 35.5. The molecule has 7 nitrogen and oxygen atoms in total. The third kappa shape index (κ3) is 6.12. The van der Waals surface area contributed by atoms with Crippen LogP contribution in [0.2, 0.25) is 5.02 Å². The van der Waals surface area contributed by atoms with Crippen molar-refractivity contribution in [2.75, 3.05) is 39.8 Å². The number of halogens is 1. The Morgan fingerprint density at radius 3 is 2.45 bits per heavy atom. The normalized spacial score (nSPS) is 15.7. The summed E-state index contributed by atoms with van der Waals surface area (Å²) >= 11 is 6.22. The molecule has 33 heavy (non-hydrogen) atoms. The van der Waals surface area contributed by atoms with Crippen LogP contribution in [0.1, 0.15) is 42.7 Å². The molecule has 2 aromatic rings. The van der Waals surface area contributed by atoms with Crippen molar-refractivity contribution in [3.63, 3.8) is 0 Å². The van der Waals surface area contributed by atoms with Crippen LogP contribution in [-0.2, 0) is 16.4 Å². The molecule has 0 aliphatic carbocycles. The van der Waals surface area contributed by atoms with Gasteiger partial charge in [-0.25, -0.2) is 8.42 Å². The fourth-order valence-corrected chi connectivity index (χ4v) is 6.21. The van der Waals surface area contributed by atoms with E-state index in [1.165, 1.54) is 16.4 Å². The highest BCUT2D eigenvalue weighted by molar-refractivity contribution is 7.89. The smallest absolute Gasteiger partial charge is 0.253 e. The van der Waals surface area contributed by atoms with E-state index < -0.39 is 10.0 Å². The van der Waals surface area contributed by atoms with Gasteiger partial charge in [-0.3, -0.25) is 9.78 Å². The van der Waals surface area contributed by atoms with Crippen LogP contribution in [0.15, 0.2) is 47.5 Å². The number of rotatable bonds is 9. The summed E-state index contributed by atoms with van der Waals surface area (Å²) in [5.41, 5.74) is 1.43. The predicted octanol–water partition coefficient (Wildman–Crippen LogP) is 3.54. The molecule has 180 valence electrons. The molecule has 2 heterocycles. The maximum absolute atomic E-state index is 13.2. The molecule has 1 fully saturated rings. The lowest BCUT2D eigenvalue weighted by atomic mass is 10.0. The average molecular weight is 493 g/mol. The van der Waals surface area contributed by atoms with Gasteiger partial charge >= 0.3 is 0 Å². The van der Waals surface area contributed by atoms with Gasteiger partial charge in [0, 0.05) is 69.7 Å². The predicted molar refractivity (Wildman–Crippen MR) is 131 cm³/mol. The van der Waals surface area contributed by atoms with Crippen molar-refractivity contribution in [2.45, 2.75) is 44.0 Å². The van der Waals surface area contributed by atoms with Crippen molar-refractivity contribution in [3.8, 4) is 0 Å². The summed E-state index contributed by atoms with van der Waals surface area (Å²) in [6, 6.07) is 10.6. The first-order valence-electron chi connectivity index (χ1n) is 11.5. The Bertz CT molecular complexity index is 1040. The van der Waals surface area contributed by atoms with Gasteiger partial charge in [-0.1, -0.05) is 31.5 Å². The van der Waals surface area contributed by atoms with Gasteiger partial charge in [0.25, 0.3) is 5.91 Å². The Labute approximate surface area is 202 Å². The standard InChI is InChI=1S/C24H33ClN4O3S/c1-4-29(5-2)33(31,32)23-18-19(9-10-22(23)25)24(30)27(3)21-12-16-28(17-13-21)15-11-20-8-6-7-14-26-20/h6-10,14,18,21H,4-5,11-13,15-17H2,1-3H3. The summed E-state index contributed by atoms with van der Waals surface area (Å²) in [5.74, 6) is -0.186. The minimum Gasteiger partial charge on any atom is -0.339 e. The van der Waals surface area contributed by atoms with Crippen molar-refractivity contribution in [2.24, 2.45) is 0 Å². The molecule has 1 aromatic heterocycles. The molecule has 1 aromatic carbocycles. The van der Waals surface area contributed by atoms with E-state index in [1.54, 1.807) is 31.9 Å². The average Bonchev–Trinajstić information content (AvgIpc) is 2.83. The zero-order valence-electron chi connectivity index (χ0n) is 19.6. The molecule has 9 heteroatoms. The zero-order valence-corrected chi connectivity index (χ0v) is 21.1. The molecular formula is C24H33ClN4O3S. The molecule has 0 N–H and O–H groups in total. The zero-order chi connectivity index (χ0) is 24.0. The van der Waals surface area contributed by atoms with E-state index in [1.807, 2.05) is 24.4 Å². The van der Waals surface area contributed by atoms with Crippen LogP contribution in [-0.4, -0.2) is 79.2 Å². The largest absolute Gasteiger partial charge is 0.339 e. The first-order valence-corrected chi connectivity index (χ1v) is 13.3. The number of nitrogens with zero attached hydrogens (tertiary/aromatic N) is 4. The first-order chi connectivity index (χ1) is 15.8. The van der Waals surface area contributed by atoms with Crippen molar-refractivity contribution in [3.05, 3.63) is 58.9 Å². The Kier molecular flexibility index (Phi) is 8.87. The number of carbonyl (C=O) groups is 1. The molecule has 1 aliphatic heterocycles. The Balaban J connectivity index is 1.63. The fourth-order valence-electron chi connectivity index (χ4n) is 4.26. The summed E-state index contributed by atoms with van der Waals surface area (Å²) in [7, 11) is -1.96. The Morgan fingerprint density at radius 2 is 1.85 bits per heavy atom. The summed E-state index contributed by atoms with van der Waals surface area (Å²) < 4.78 is 27.3. The molecule has 1 saturated heterocycles. The van der Waals surface area contributed by atoms with Gasteiger partial charge in [-0.2, -0.15) is 4.31 Å². The molecule has 0 spiro atoms. The molecule has 0 atom stereocenters. The van der Waals surface area contributed by atoms with Crippen LogP contribution in [0.5, 0.6) is 0 Å². The van der Waals surface area contributed by atoms with Crippen molar-refractivity contribution in [1.29, 1.82) is 0 Å². The molecule has 1 amide bonds. The Morgan fingerprint density at radius 1 is 1.15 bits per heavy atom. The second kappa shape index (κ2) is 11.4. The highest BCUT2D eigenvalue weighted by Gasteiger charge is 2.29. The van der Waals surface area contributed by atoms with Crippen molar-refractivity contribution >= 4 is 27.5 Å². The number of hydrogen-bond acceptors (Lipinski definition) is 5. The molecule has 0 bridgehead atoms. The first kappa shape index (κ1) is 25.6. The molecule has 0 unspecified atom stereocenters. The van der Waals surface area contributed by atoms with Crippen LogP contribution in [0.4, 0.5) is 0 Å². The quantitative estimate of drug-likeness (QED) is 0.535. The van der Waals surface area contributed by atoms with Crippen LogP contribution < -0.4 is 0 Å². The maximum Gasteiger partial charge on any atom is 0.253 e. The lowest BCUT2D eigenvalue weighted by molar-refractivity contribution is 0.0643. The number of carbonyl (C=O) groups excluding carboxylic acids is 1. The molecule has 0 saturated carbocycles. The number of aromatic nitrogens is 1. The van der Waals surface area contributed by atoms with Crippen molar-refractivity contribution < 1.29 is 13.2 Å².